The van der Waals surface area contributed by atoms with Gasteiger partial charge in [0.25, 0.3) is 11.8 Å². The molecule has 0 aliphatic carbocycles. The number of nitrogens with one attached hydrogen (secondary N) is 2. The molecule has 246 valence electrons. The predicted molar refractivity (Wildman–Crippen MR) is 177 cm³/mol. The van der Waals surface area contributed by atoms with E-state index in [4.69, 9.17) is 18.6 Å². The summed E-state index contributed by atoms with van der Waals surface area (Å²) < 4.78 is 21.9. The van der Waals surface area contributed by atoms with Crippen molar-refractivity contribution in [3.63, 3.8) is 0 Å². The first-order valence-corrected chi connectivity index (χ1v) is 15.7. The van der Waals surface area contributed by atoms with E-state index >= 15 is 0 Å². The van der Waals surface area contributed by atoms with Crippen LogP contribution in [0.4, 0.5) is 5.69 Å². The number of hydrogen-bond acceptors (Lipinski definition) is 8. The maximum Gasteiger partial charge on any atom is 0.343 e. The van der Waals surface area contributed by atoms with Crippen LogP contribution >= 0.6 is 0 Å². The Morgan fingerprint density at radius 3 is 2.19 bits per heavy atom. The molecule has 0 saturated heterocycles. The van der Waals surface area contributed by atoms with E-state index < -0.39 is 23.8 Å². The van der Waals surface area contributed by atoms with Crippen LogP contribution in [-0.2, 0) is 11.2 Å². The number of furan rings is 1. The van der Waals surface area contributed by atoms with Crippen molar-refractivity contribution in [2.75, 3.05) is 19.0 Å². The van der Waals surface area contributed by atoms with Gasteiger partial charge in [-0.1, -0.05) is 38.7 Å². The van der Waals surface area contributed by atoms with Crippen molar-refractivity contribution in [2.45, 2.75) is 58.4 Å². The van der Waals surface area contributed by atoms with Gasteiger partial charge >= 0.3 is 5.97 Å². The molecular weight excluding hydrogens is 600 g/mol. The van der Waals surface area contributed by atoms with Crippen LogP contribution in [0.5, 0.6) is 17.2 Å². The average molecular weight is 641 g/mol. The molecule has 4 aromatic rings. The number of amides is 2. The second kappa shape index (κ2) is 17.4. The molecule has 1 aromatic heterocycles. The second-order valence-electron chi connectivity index (χ2n) is 11.0. The number of Topliss-reactive ketones (excluding diaryl/α,β-unsaturated/α-hetero) is 1. The largest absolute Gasteiger partial charge is 0.494 e. The number of ether oxygens (including phenoxy) is 3. The monoisotopic (exact) mass is 640 g/mol. The fourth-order valence-electron chi connectivity index (χ4n) is 4.74. The van der Waals surface area contributed by atoms with Crippen molar-refractivity contribution in [3.8, 4) is 17.2 Å². The van der Waals surface area contributed by atoms with Crippen LogP contribution in [0.1, 0.15) is 82.8 Å². The van der Waals surface area contributed by atoms with Crippen molar-refractivity contribution < 1.29 is 37.8 Å². The Labute approximate surface area is 274 Å². The number of ketones is 1. The number of anilines is 1. The summed E-state index contributed by atoms with van der Waals surface area (Å²) in [6.07, 6.45) is 7.35. The molecule has 1 unspecified atom stereocenters. The molecule has 47 heavy (non-hydrogen) atoms. The molecular formula is C37H40N2O8. The molecule has 0 aliphatic rings. The molecule has 0 aliphatic heterocycles. The minimum absolute atomic E-state index is 0.165. The van der Waals surface area contributed by atoms with E-state index in [9.17, 15) is 19.2 Å². The smallest absolute Gasteiger partial charge is 0.343 e. The lowest BCUT2D eigenvalue weighted by molar-refractivity contribution is -0.118. The normalized spacial score (nSPS) is 11.3. The summed E-state index contributed by atoms with van der Waals surface area (Å²) in [5.41, 5.74) is 1.84. The van der Waals surface area contributed by atoms with Gasteiger partial charge in [-0.2, -0.15) is 0 Å². The van der Waals surface area contributed by atoms with Crippen molar-refractivity contribution in [1.29, 1.82) is 0 Å². The molecule has 10 nitrogen and oxygen atoms in total. The highest BCUT2D eigenvalue weighted by molar-refractivity contribution is 6.03. The summed E-state index contributed by atoms with van der Waals surface area (Å²) in [7, 11) is 1.45. The summed E-state index contributed by atoms with van der Waals surface area (Å²) in [5.74, 6) is -0.272. The van der Waals surface area contributed by atoms with Crippen LogP contribution < -0.4 is 24.8 Å². The lowest BCUT2D eigenvalue weighted by Crippen LogP contribution is -2.41. The minimum atomic E-state index is -0.823. The summed E-state index contributed by atoms with van der Waals surface area (Å²) in [5, 5.41) is 5.46. The Kier molecular flexibility index (Phi) is 12.7. The summed E-state index contributed by atoms with van der Waals surface area (Å²) in [6, 6.07) is 20.4. The van der Waals surface area contributed by atoms with Gasteiger partial charge in [0.2, 0.25) is 0 Å². The molecule has 10 heteroatoms. The summed E-state index contributed by atoms with van der Waals surface area (Å²) in [4.78, 5) is 50.5. The van der Waals surface area contributed by atoms with Crippen molar-refractivity contribution in [1.82, 2.24) is 5.32 Å². The number of esters is 1. The van der Waals surface area contributed by atoms with E-state index in [1.165, 1.54) is 39.6 Å². The van der Waals surface area contributed by atoms with Gasteiger partial charge in [0, 0.05) is 11.3 Å². The van der Waals surface area contributed by atoms with Gasteiger partial charge in [-0.05, 0) is 98.1 Å². The van der Waals surface area contributed by atoms with E-state index in [-0.39, 0.29) is 23.7 Å². The highest BCUT2D eigenvalue weighted by atomic mass is 16.6. The number of carbonyl (C=O) groups is 4. The standard InChI is InChI=1S/C37H40N2O8/c1-4-5-6-7-8-21-45-30-18-14-28(15-19-30)37(43)47-32-20-11-26(24-34(32)44-3)23-31(25(2)40)39-35(41)27-12-16-29(17-13-27)38-36(42)33-10-9-22-46-33/h9-20,22,24,31H,4-8,21,23H2,1-3H3,(H,38,42)(H,39,41). The predicted octanol–water partition coefficient (Wildman–Crippen LogP) is 7.04. The van der Waals surface area contributed by atoms with Gasteiger partial charge in [0.05, 0.1) is 31.6 Å². The van der Waals surface area contributed by atoms with Gasteiger partial charge in [0.1, 0.15) is 5.75 Å². The fraction of sp³-hybridized carbons (Fsp3) is 0.297. The first kappa shape index (κ1) is 34.5. The van der Waals surface area contributed by atoms with E-state index in [1.54, 1.807) is 78.9 Å². The third kappa shape index (κ3) is 10.3. The molecule has 1 atom stereocenters. The SMILES string of the molecule is CCCCCCCOc1ccc(C(=O)Oc2ccc(CC(NC(=O)c3ccc(NC(=O)c4ccco4)cc3)C(C)=O)cc2OC)cc1. The van der Waals surface area contributed by atoms with Crippen molar-refractivity contribution in [3.05, 3.63) is 108 Å². The zero-order chi connectivity index (χ0) is 33.6. The van der Waals surface area contributed by atoms with E-state index in [0.29, 0.717) is 40.5 Å². The van der Waals surface area contributed by atoms with Gasteiger partial charge in [-0.15, -0.1) is 0 Å². The number of methoxy groups -OCH3 is 1. The Hall–Kier alpha value is -5.38. The third-order valence-electron chi connectivity index (χ3n) is 7.42. The molecule has 0 bridgehead atoms. The average Bonchev–Trinajstić information content (AvgIpc) is 3.63. The highest BCUT2D eigenvalue weighted by Crippen LogP contribution is 2.30. The van der Waals surface area contributed by atoms with Crippen LogP contribution in [0.2, 0.25) is 0 Å². The molecule has 4 rings (SSSR count). The second-order valence-corrected chi connectivity index (χ2v) is 11.0. The number of hydrogen-bond donors (Lipinski definition) is 2. The maximum atomic E-state index is 13.0. The summed E-state index contributed by atoms with van der Waals surface area (Å²) >= 11 is 0. The topological polar surface area (TPSA) is 133 Å². The maximum absolute atomic E-state index is 13.0. The lowest BCUT2D eigenvalue weighted by atomic mass is 10.0. The number of rotatable bonds is 17. The first-order valence-electron chi connectivity index (χ1n) is 15.7. The fourth-order valence-corrected chi connectivity index (χ4v) is 4.74. The van der Waals surface area contributed by atoms with Crippen LogP contribution in [0.25, 0.3) is 0 Å². The van der Waals surface area contributed by atoms with Crippen molar-refractivity contribution in [2.24, 2.45) is 0 Å². The molecule has 1 heterocycles. The molecule has 0 saturated carbocycles. The van der Waals surface area contributed by atoms with Crippen LogP contribution in [0, 0.1) is 0 Å². The van der Waals surface area contributed by atoms with Crippen molar-refractivity contribution >= 4 is 29.3 Å². The minimum Gasteiger partial charge on any atom is -0.494 e. The molecule has 0 radical (unpaired) electrons. The quantitative estimate of drug-likeness (QED) is 0.0714. The zero-order valence-corrected chi connectivity index (χ0v) is 26.9. The Bertz CT molecular complexity index is 1630. The van der Waals surface area contributed by atoms with Gasteiger partial charge < -0.3 is 29.3 Å². The molecule has 2 N–H and O–H groups in total. The van der Waals surface area contributed by atoms with E-state index in [2.05, 4.69) is 17.6 Å². The van der Waals surface area contributed by atoms with Crippen LogP contribution in [0.15, 0.2) is 89.5 Å². The summed E-state index contributed by atoms with van der Waals surface area (Å²) in [6.45, 7) is 4.21. The molecule has 0 fully saturated rings. The number of unbranched alkanes of at least 4 members (excludes halogenated alkanes) is 4. The first-order chi connectivity index (χ1) is 22.8. The molecule has 2 amide bonds. The number of carbonyl (C=O) groups excluding carboxylic acids is 4. The third-order valence-corrected chi connectivity index (χ3v) is 7.42. The Morgan fingerprint density at radius 1 is 0.809 bits per heavy atom. The zero-order valence-electron chi connectivity index (χ0n) is 26.9. The molecule has 0 spiro atoms. The Balaban J connectivity index is 1.32. The lowest BCUT2D eigenvalue weighted by Gasteiger charge is -2.17. The van der Waals surface area contributed by atoms with E-state index in [0.717, 1.165) is 12.8 Å². The van der Waals surface area contributed by atoms with Gasteiger partial charge in [-0.3, -0.25) is 14.4 Å². The Morgan fingerprint density at radius 2 is 1.53 bits per heavy atom. The molecule has 3 aromatic carbocycles. The highest BCUT2D eigenvalue weighted by Gasteiger charge is 2.21. The van der Waals surface area contributed by atoms with Gasteiger partial charge in [-0.25, -0.2) is 4.79 Å². The van der Waals surface area contributed by atoms with Crippen LogP contribution in [-0.4, -0.2) is 43.3 Å². The van der Waals surface area contributed by atoms with Crippen LogP contribution in [0.3, 0.4) is 0 Å². The van der Waals surface area contributed by atoms with Gasteiger partial charge in [0.15, 0.2) is 23.0 Å². The van der Waals surface area contributed by atoms with E-state index in [1.807, 2.05) is 0 Å². The number of benzene rings is 3.